The van der Waals surface area contributed by atoms with Crippen LogP contribution in [0.25, 0.3) is 0 Å². The summed E-state index contributed by atoms with van der Waals surface area (Å²) >= 11 is 0. The van der Waals surface area contributed by atoms with Crippen molar-refractivity contribution in [3.8, 4) is 6.07 Å². The highest BCUT2D eigenvalue weighted by atomic mass is 16.6. The molecule has 16 heavy (non-hydrogen) atoms. The maximum Gasteiger partial charge on any atom is 0.271 e. The van der Waals surface area contributed by atoms with Crippen molar-refractivity contribution >= 4 is 17.3 Å². The zero-order valence-corrected chi connectivity index (χ0v) is 8.14. The van der Waals surface area contributed by atoms with Gasteiger partial charge in [0, 0.05) is 17.8 Å². The molecule has 0 saturated carbocycles. The number of nitro groups is 1. The van der Waals surface area contributed by atoms with E-state index >= 15 is 0 Å². The molecule has 0 aromatic heterocycles. The van der Waals surface area contributed by atoms with Gasteiger partial charge in [-0.1, -0.05) is 12.6 Å². The number of benzene rings is 1. The monoisotopic (exact) mass is 217 g/mol. The summed E-state index contributed by atoms with van der Waals surface area (Å²) in [6.45, 7) is 3.22. The number of hydrogen-bond donors (Lipinski definition) is 1. The van der Waals surface area contributed by atoms with Crippen LogP contribution in [-0.4, -0.2) is 10.8 Å². The number of carbonyl (C=O) groups is 1. The van der Waals surface area contributed by atoms with Crippen LogP contribution in [-0.2, 0) is 4.79 Å². The third-order valence-electron chi connectivity index (χ3n) is 1.72. The van der Waals surface area contributed by atoms with E-state index in [0.29, 0.717) is 0 Å². The summed E-state index contributed by atoms with van der Waals surface area (Å²) in [4.78, 5) is 21.1. The van der Waals surface area contributed by atoms with Crippen molar-refractivity contribution in [2.45, 2.75) is 0 Å². The molecule has 6 nitrogen and oxygen atoms in total. The summed E-state index contributed by atoms with van der Waals surface area (Å²) in [6.07, 6.45) is 0. The lowest BCUT2D eigenvalue weighted by Gasteiger charge is -2.02. The fourth-order valence-electron chi connectivity index (χ4n) is 0.955. The molecule has 0 aliphatic heterocycles. The average Bonchev–Trinajstić information content (AvgIpc) is 2.28. The molecule has 0 radical (unpaired) electrons. The summed E-state index contributed by atoms with van der Waals surface area (Å²) in [6, 6.07) is 6.99. The molecule has 1 rings (SSSR count). The van der Waals surface area contributed by atoms with Gasteiger partial charge >= 0.3 is 0 Å². The molecule has 0 fully saturated rings. The number of hydrogen-bond acceptors (Lipinski definition) is 4. The lowest BCUT2D eigenvalue weighted by molar-refractivity contribution is -0.384. The van der Waals surface area contributed by atoms with Crippen molar-refractivity contribution in [2.75, 3.05) is 5.32 Å². The Hall–Kier alpha value is -2.68. The lowest BCUT2D eigenvalue weighted by Crippen LogP contribution is -2.12. The van der Waals surface area contributed by atoms with Gasteiger partial charge in [-0.05, 0) is 6.07 Å². The molecular weight excluding hydrogens is 210 g/mol. The van der Waals surface area contributed by atoms with Crippen LogP contribution in [0.2, 0.25) is 0 Å². The van der Waals surface area contributed by atoms with Gasteiger partial charge in [0.05, 0.1) is 4.92 Å². The van der Waals surface area contributed by atoms with Gasteiger partial charge in [0.15, 0.2) is 0 Å². The first kappa shape index (κ1) is 11.4. The second-order valence-electron chi connectivity index (χ2n) is 2.85. The average molecular weight is 217 g/mol. The van der Waals surface area contributed by atoms with Crippen LogP contribution in [0.5, 0.6) is 0 Å². The van der Waals surface area contributed by atoms with Crippen LogP contribution >= 0.6 is 0 Å². The Bertz CT molecular complexity index is 502. The molecular formula is C10H7N3O3. The van der Waals surface area contributed by atoms with E-state index in [1.807, 2.05) is 0 Å². The number of nitrogens with one attached hydrogen (secondary N) is 1. The van der Waals surface area contributed by atoms with Crippen molar-refractivity contribution in [1.29, 1.82) is 5.26 Å². The van der Waals surface area contributed by atoms with Gasteiger partial charge in [-0.25, -0.2) is 0 Å². The molecule has 0 aliphatic rings. The number of carbonyl (C=O) groups excluding carboxylic acids is 1. The molecule has 1 aromatic rings. The molecule has 0 unspecified atom stereocenters. The van der Waals surface area contributed by atoms with Gasteiger partial charge < -0.3 is 5.32 Å². The van der Waals surface area contributed by atoms with Crippen LogP contribution in [0.4, 0.5) is 11.4 Å². The molecule has 0 atom stereocenters. The first-order valence-electron chi connectivity index (χ1n) is 4.19. The zero-order chi connectivity index (χ0) is 12.1. The molecule has 6 heteroatoms. The third kappa shape index (κ3) is 2.65. The van der Waals surface area contributed by atoms with Crippen LogP contribution < -0.4 is 5.32 Å². The standard InChI is InChI=1S/C10H7N3O3/c1-7(6-11)10(14)12-8-3-2-4-9(5-8)13(15)16/h2-5H,1H2,(H,12,14). The van der Waals surface area contributed by atoms with Gasteiger partial charge in [-0.3, -0.25) is 14.9 Å². The predicted octanol–water partition coefficient (Wildman–Crippen LogP) is 1.61. The van der Waals surface area contributed by atoms with Crippen LogP contribution in [0.3, 0.4) is 0 Å². The predicted molar refractivity (Wildman–Crippen MR) is 56.5 cm³/mol. The molecule has 1 N–H and O–H groups in total. The van der Waals surface area contributed by atoms with Crippen molar-refractivity contribution in [2.24, 2.45) is 0 Å². The van der Waals surface area contributed by atoms with Crippen molar-refractivity contribution in [1.82, 2.24) is 0 Å². The maximum absolute atomic E-state index is 11.2. The van der Waals surface area contributed by atoms with E-state index < -0.39 is 10.8 Å². The number of anilines is 1. The van der Waals surface area contributed by atoms with Gasteiger partial charge in [-0.2, -0.15) is 5.26 Å². The van der Waals surface area contributed by atoms with E-state index in [9.17, 15) is 14.9 Å². The Morgan fingerprint density at radius 2 is 2.25 bits per heavy atom. The van der Waals surface area contributed by atoms with Crippen LogP contribution in [0, 0.1) is 21.4 Å². The summed E-state index contributed by atoms with van der Waals surface area (Å²) in [7, 11) is 0. The van der Waals surface area contributed by atoms with Crippen LogP contribution in [0.1, 0.15) is 0 Å². The number of nitro benzene ring substituents is 1. The minimum atomic E-state index is -0.678. The molecule has 80 valence electrons. The highest BCUT2D eigenvalue weighted by Crippen LogP contribution is 2.17. The number of non-ortho nitro benzene ring substituents is 1. The van der Waals surface area contributed by atoms with Crippen LogP contribution in [0.15, 0.2) is 36.4 Å². The van der Waals surface area contributed by atoms with E-state index in [2.05, 4.69) is 11.9 Å². The fraction of sp³-hybridized carbons (Fsp3) is 0. The highest BCUT2D eigenvalue weighted by molar-refractivity contribution is 6.06. The largest absolute Gasteiger partial charge is 0.321 e. The molecule has 0 saturated heterocycles. The van der Waals surface area contributed by atoms with Gasteiger partial charge in [0.2, 0.25) is 0 Å². The lowest BCUT2D eigenvalue weighted by atomic mass is 10.2. The van der Waals surface area contributed by atoms with Crippen molar-refractivity contribution < 1.29 is 9.72 Å². The summed E-state index contributed by atoms with van der Waals surface area (Å²) in [5, 5.41) is 21.2. The molecule has 1 amide bonds. The fourth-order valence-corrected chi connectivity index (χ4v) is 0.955. The minimum absolute atomic E-state index is 0.139. The van der Waals surface area contributed by atoms with Gasteiger partial charge in [0.1, 0.15) is 11.6 Å². The van der Waals surface area contributed by atoms with Crippen molar-refractivity contribution in [3.63, 3.8) is 0 Å². The number of amides is 1. The molecule has 1 aromatic carbocycles. The number of rotatable bonds is 3. The highest BCUT2D eigenvalue weighted by Gasteiger charge is 2.09. The number of nitrogens with zero attached hydrogens (tertiary/aromatic N) is 2. The second-order valence-corrected chi connectivity index (χ2v) is 2.85. The second kappa shape index (κ2) is 4.70. The molecule has 0 aliphatic carbocycles. The Labute approximate surface area is 91.0 Å². The van der Waals surface area contributed by atoms with E-state index in [1.165, 1.54) is 24.3 Å². The maximum atomic E-state index is 11.2. The summed E-state index contributed by atoms with van der Waals surface area (Å²) in [5.41, 5.74) is -0.150. The first-order valence-corrected chi connectivity index (χ1v) is 4.19. The SMILES string of the molecule is C=C(C#N)C(=O)Nc1cccc([N+](=O)[O-])c1. The Morgan fingerprint density at radius 3 is 2.81 bits per heavy atom. The van der Waals surface area contributed by atoms with E-state index in [-0.39, 0.29) is 16.9 Å². The van der Waals surface area contributed by atoms with Crippen molar-refractivity contribution in [3.05, 3.63) is 46.5 Å². The van der Waals surface area contributed by atoms with E-state index in [1.54, 1.807) is 6.07 Å². The molecule has 0 bridgehead atoms. The normalized spacial score (nSPS) is 8.94. The van der Waals surface area contributed by atoms with Gasteiger partial charge in [0.25, 0.3) is 11.6 Å². The number of nitriles is 1. The summed E-state index contributed by atoms with van der Waals surface area (Å²) < 4.78 is 0. The molecule has 0 spiro atoms. The Morgan fingerprint density at radius 1 is 1.56 bits per heavy atom. The third-order valence-corrected chi connectivity index (χ3v) is 1.72. The minimum Gasteiger partial charge on any atom is -0.321 e. The summed E-state index contributed by atoms with van der Waals surface area (Å²) in [5.74, 6) is -0.678. The Kier molecular flexibility index (Phi) is 3.35. The smallest absolute Gasteiger partial charge is 0.271 e. The topological polar surface area (TPSA) is 96.0 Å². The van der Waals surface area contributed by atoms with Gasteiger partial charge in [-0.15, -0.1) is 0 Å². The van der Waals surface area contributed by atoms with E-state index in [4.69, 9.17) is 5.26 Å². The quantitative estimate of drug-likeness (QED) is 0.360. The zero-order valence-electron chi connectivity index (χ0n) is 8.14. The first-order chi connectivity index (χ1) is 7.54. The van der Waals surface area contributed by atoms with E-state index in [0.717, 1.165) is 0 Å². The Balaban J connectivity index is 2.87. The molecule has 0 heterocycles.